The van der Waals surface area contributed by atoms with Crippen LogP contribution in [0.3, 0.4) is 0 Å². The van der Waals surface area contributed by atoms with Gasteiger partial charge in [0.05, 0.1) is 5.56 Å². The number of benzene rings is 2. The number of hydrogen-bond acceptors (Lipinski definition) is 3. The zero-order valence-corrected chi connectivity index (χ0v) is 13.8. The maximum absolute atomic E-state index is 12.9. The first kappa shape index (κ1) is 15.9. The van der Waals surface area contributed by atoms with E-state index in [1.165, 1.54) is 0 Å². The molecule has 1 heterocycles. The molecule has 0 saturated carbocycles. The normalized spacial score (nSPS) is 11.6. The number of carbonyl (C=O) groups is 1. The van der Waals surface area contributed by atoms with Gasteiger partial charge in [-0.15, -0.1) is 0 Å². The van der Waals surface area contributed by atoms with Gasteiger partial charge in [0.2, 0.25) is 5.78 Å². The highest BCUT2D eigenvalue weighted by Crippen LogP contribution is 2.26. The molecule has 3 rings (SSSR count). The Morgan fingerprint density at radius 1 is 0.833 bits per heavy atom. The lowest BCUT2D eigenvalue weighted by Gasteiger charge is -2.18. The van der Waals surface area contributed by atoms with Crippen LogP contribution in [0.25, 0.3) is 22.3 Å². The van der Waals surface area contributed by atoms with Gasteiger partial charge in [-0.1, -0.05) is 51.1 Å². The molecule has 2 aromatic carbocycles. The van der Waals surface area contributed by atoms with Gasteiger partial charge in [-0.2, -0.15) is 9.46 Å². The van der Waals surface area contributed by atoms with Crippen LogP contribution >= 0.6 is 0 Å². The van der Waals surface area contributed by atoms with Crippen LogP contribution in [0.4, 0.5) is 0 Å². The van der Waals surface area contributed by atoms with E-state index in [9.17, 15) is 15.2 Å². The van der Waals surface area contributed by atoms with Crippen molar-refractivity contribution in [2.45, 2.75) is 20.8 Å². The number of Topliss-reactive ketones (excluding diaryl/α,β-unsaturated/α-hetero) is 1. The summed E-state index contributed by atoms with van der Waals surface area (Å²) in [7, 11) is 0. The fourth-order valence-electron chi connectivity index (χ4n) is 2.65. The third kappa shape index (κ3) is 2.48. The molecule has 0 spiro atoms. The number of rotatable bonds is 2. The van der Waals surface area contributed by atoms with Crippen molar-refractivity contribution in [3.05, 3.63) is 70.7 Å². The van der Waals surface area contributed by atoms with Crippen LogP contribution in [0.2, 0.25) is 0 Å². The van der Waals surface area contributed by atoms with E-state index in [1.54, 1.807) is 69.3 Å². The molecule has 5 heteroatoms. The Bertz CT molecular complexity index is 929. The van der Waals surface area contributed by atoms with Gasteiger partial charge in [-0.05, 0) is 12.1 Å². The average Bonchev–Trinajstić information content (AvgIpc) is 2.57. The van der Waals surface area contributed by atoms with Crippen molar-refractivity contribution in [2.75, 3.05) is 0 Å². The Morgan fingerprint density at radius 2 is 1.33 bits per heavy atom. The highest BCUT2D eigenvalue weighted by atomic mass is 16.5. The molecule has 0 atom stereocenters. The van der Waals surface area contributed by atoms with Crippen LogP contribution in [0.5, 0.6) is 0 Å². The largest absolute Gasteiger partial charge is 0.617 e. The monoisotopic (exact) mass is 322 g/mol. The van der Waals surface area contributed by atoms with Crippen molar-refractivity contribution >= 4 is 16.8 Å². The maximum atomic E-state index is 12.9. The van der Waals surface area contributed by atoms with Crippen LogP contribution in [-0.2, 0) is 0 Å². The van der Waals surface area contributed by atoms with E-state index < -0.39 is 5.41 Å². The highest BCUT2D eigenvalue weighted by Gasteiger charge is 2.39. The third-order valence-electron chi connectivity index (χ3n) is 3.89. The molecule has 24 heavy (non-hydrogen) atoms. The zero-order valence-electron chi connectivity index (χ0n) is 13.8. The van der Waals surface area contributed by atoms with E-state index in [0.717, 1.165) is 0 Å². The van der Waals surface area contributed by atoms with Crippen LogP contribution < -0.4 is 9.46 Å². The molecule has 0 aliphatic heterocycles. The number of ketones is 1. The second kappa shape index (κ2) is 5.60. The molecule has 0 bridgehead atoms. The van der Waals surface area contributed by atoms with Gasteiger partial charge in [0, 0.05) is 17.5 Å². The van der Waals surface area contributed by atoms with Crippen molar-refractivity contribution in [3.63, 3.8) is 0 Å². The van der Waals surface area contributed by atoms with Crippen LogP contribution in [0.1, 0.15) is 31.3 Å². The molecule has 0 aliphatic rings. The number of aromatic nitrogens is 2. The van der Waals surface area contributed by atoms with Gasteiger partial charge in [0.1, 0.15) is 0 Å². The molecule has 0 amide bonds. The standard InChI is InChI=1S/C19H18N2O3/c1-19(2,3)18(22)17-16(13-9-5-4-6-10-13)20(23)14-11-7-8-12-15(14)21(17)24/h4-12H,1-3H3. The van der Waals surface area contributed by atoms with Crippen molar-refractivity contribution in [3.8, 4) is 11.3 Å². The molecule has 0 unspecified atom stereocenters. The minimum absolute atomic E-state index is 0.0872. The van der Waals surface area contributed by atoms with Crippen LogP contribution in [0, 0.1) is 15.8 Å². The number of fused-ring (bicyclic) bond motifs is 1. The van der Waals surface area contributed by atoms with Gasteiger partial charge in [0.25, 0.3) is 11.0 Å². The number of para-hydroxylation sites is 2. The summed E-state index contributed by atoms with van der Waals surface area (Å²) in [5, 5.41) is 25.9. The predicted octanol–water partition coefficient (Wildman–Crippen LogP) is 3.00. The Labute approximate surface area is 140 Å². The first-order valence-electron chi connectivity index (χ1n) is 7.70. The molecule has 0 aliphatic carbocycles. The predicted molar refractivity (Wildman–Crippen MR) is 91.1 cm³/mol. The number of nitrogens with zero attached hydrogens (tertiary/aromatic N) is 2. The van der Waals surface area contributed by atoms with Crippen molar-refractivity contribution in [2.24, 2.45) is 5.41 Å². The Kier molecular flexibility index (Phi) is 3.72. The molecule has 0 saturated heterocycles. The van der Waals surface area contributed by atoms with E-state index in [-0.39, 0.29) is 28.2 Å². The topological polar surface area (TPSA) is 71.0 Å². The smallest absolute Gasteiger partial charge is 0.335 e. The van der Waals surface area contributed by atoms with Crippen molar-refractivity contribution < 1.29 is 14.3 Å². The van der Waals surface area contributed by atoms with E-state index >= 15 is 0 Å². The summed E-state index contributed by atoms with van der Waals surface area (Å²) in [5.74, 6) is -0.369. The molecule has 1 aromatic heterocycles. The minimum atomic E-state index is -0.787. The van der Waals surface area contributed by atoms with Crippen molar-refractivity contribution in [1.29, 1.82) is 0 Å². The van der Waals surface area contributed by atoms with E-state index in [4.69, 9.17) is 0 Å². The summed E-state index contributed by atoms with van der Waals surface area (Å²) in [6.45, 7) is 5.19. The molecule has 0 N–H and O–H groups in total. The molecule has 3 aromatic rings. The SMILES string of the molecule is CC(C)(C)C(=O)c1c(-c2ccccc2)[n+]([O-])c2ccccc2[n+]1[O-]. The lowest BCUT2D eigenvalue weighted by atomic mass is 9.87. The molecular weight excluding hydrogens is 304 g/mol. The molecule has 0 fully saturated rings. The molecule has 0 radical (unpaired) electrons. The fraction of sp³-hybridized carbons (Fsp3) is 0.211. The first-order chi connectivity index (χ1) is 11.3. The molecular formula is C19H18N2O3. The zero-order chi connectivity index (χ0) is 17.5. The van der Waals surface area contributed by atoms with E-state index in [0.29, 0.717) is 15.0 Å². The Hall–Kier alpha value is -2.95. The summed E-state index contributed by atoms with van der Waals surface area (Å²) in [6, 6.07) is 15.3. The van der Waals surface area contributed by atoms with Crippen LogP contribution in [-0.4, -0.2) is 5.78 Å². The van der Waals surface area contributed by atoms with E-state index in [2.05, 4.69) is 0 Å². The number of hydrogen-bond donors (Lipinski definition) is 0. The summed E-state index contributed by atoms with van der Waals surface area (Å²) in [5.41, 5.74) is 0.129. The minimum Gasteiger partial charge on any atom is -0.617 e. The molecule has 122 valence electrons. The molecule has 5 nitrogen and oxygen atoms in total. The lowest BCUT2D eigenvalue weighted by Crippen LogP contribution is -2.47. The summed E-state index contributed by atoms with van der Waals surface area (Å²) >= 11 is 0. The second-order valence-electron chi connectivity index (χ2n) is 6.72. The quantitative estimate of drug-likeness (QED) is 0.414. The van der Waals surface area contributed by atoms with Gasteiger partial charge in [-0.3, -0.25) is 4.79 Å². The average molecular weight is 322 g/mol. The highest BCUT2D eigenvalue weighted by molar-refractivity contribution is 6.01. The summed E-state index contributed by atoms with van der Waals surface area (Å²) < 4.78 is 1.26. The third-order valence-corrected chi connectivity index (χ3v) is 3.89. The van der Waals surface area contributed by atoms with E-state index in [1.807, 2.05) is 6.07 Å². The van der Waals surface area contributed by atoms with Gasteiger partial charge < -0.3 is 10.4 Å². The Morgan fingerprint density at radius 3 is 1.88 bits per heavy atom. The van der Waals surface area contributed by atoms with Gasteiger partial charge in [0.15, 0.2) is 0 Å². The lowest BCUT2D eigenvalue weighted by molar-refractivity contribution is -0.622. The maximum Gasteiger partial charge on any atom is 0.335 e. The summed E-state index contributed by atoms with van der Waals surface area (Å²) in [6.07, 6.45) is 0. The fourth-order valence-corrected chi connectivity index (χ4v) is 2.65. The van der Waals surface area contributed by atoms with Crippen molar-refractivity contribution in [1.82, 2.24) is 0 Å². The van der Waals surface area contributed by atoms with Crippen LogP contribution in [0.15, 0.2) is 54.6 Å². The number of carbonyl (C=O) groups excluding carboxylic acids is 1. The van der Waals surface area contributed by atoms with Gasteiger partial charge >= 0.3 is 11.4 Å². The first-order valence-corrected chi connectivity index (χ1v) is 7.70. The summed E-state index contributed by atoms with van der Waals surface area (Å²) in [4.78, 5) is 12.9. The second-order valence-corrected chi connectivity index (χ2v) is 6.72. The Balaban J connectivity index is 2.48. The van der Waals surface area contributed by atoms with Gasteiger partial charge in [-0.25, -0.2) is 0 Å².